The first-order valence-corrected chi connectivity index (χ1v) is 7.25. The minimum Gasteiger partial charge on any atom is -0.485 e. The molecule has 2 aromatic carbocycles. The molecule has 0 saturated heterocycles. The molecule has 0 aliphatic heterocycles. The van der Waals surface area contributed by atoms with Crippen LogP contribution in [0.25, 0.3) is 0 Å². The van der Waals surface area contributed by atoms with Crippen molar-refractivity contribution >= 4 is 0 Å². The first kappa shape index (κ1) is 13.2. The lowest BCUT2D eigenvalue weighted by Gasteiger charge is -2.32. The van der Waals surface area contributed by atoms with Crippen LogP contribution in [0.2, 0.25) is 0 Å². The first-order valence-electron chi connectivity index (χ1n) is 7.25. The predicted octanol–water partition coefficient (Wildman–Crippen LogP) is 3.65. The lowest BCUT2D eigenvalue weighted by atomic mass is 9.86. The van der Waals surface area contributed by atoms with E-state index >= 15 is 0 Å². The average molecular weight is 267 g/mol. The number of likely N-dealkylation sites (N-methyl/N-ethyl adjacent to an activating group) is 1. The van der Waals surface area contributed by atoms with Gasteiger partial charge in [-0.3, -0.25) is 0 Å². The van der Waals surface area contributed by atoms with Gasteiger partial charge in [0.1, 0.15) is 11.9 Å². The van der Waals surface area contributed by atoms with Crippen LogP contribution in [0.1, 0.15) is 29.2 Å². The Morgan fingerprint density at radius 2 is 1.80 bits per heavy atom. The van der Waals surface area contributed by atoms with Crippen molar-refractivity contribution in [1.82, 2.24) is 5.32 Å². The minimum absolute atomic E-state index is 0.137. The van der Waals surface area contributed by atoms with Crippen LogP contribution in [0.3, 0.4) is 0 Å². The number of hydrogen-bond acceptors (Lipinski definition) is 2. The molecule has 2 atom stereocenters. The molecule has 0 saturated carbocycles. The van der Waals surface area contributed by atoms with Gasteiger partial charge in [0.05, 0.1) is 0 Å². The molecule has 1 aliphatic rings. The van der Waals surface area contributed by atoms with E-state index in [4.69, 9.17) is 4.74 Å². The highest BCUT2D eigenvalue weighted by atomic mass is 16.5. The lowest BCUT2D eigenvalue weighted by Crippen LogP contribution is -2.35. The van der Waals surface area contributed by atoms with E-state index in [1.165, 1.54) is 16.7 Å². The molecule has 20 heavy (non-hydrogen) atoms. The molecule has 1 aliphatic carbocycles. The Labute approximate surface area is 120 Å². The van der Waals surface area contributed by atoms with Gasteiger partial charge in [0, 0.05) is 12.5 Å². The molecule has 2 heteroatoms. The molecule has 0 amide bonds. The summed E-state index contributed by atoms with van der Waals surface area (Å²) < 4.78 is 6.30. The third-order valence-corrected chi connectivity index (χ3v) is 4.14. The highest BCUT2D eigenvalue weighted by Gasteiger charge is 2.27. The van der Waals surface area contributed by atoms with E-state index in [1.54, 1.807) is 0 Å². The van der Waals surface area contributed by atoms with Crippen molar-refractivity contribution in [2.45, 2.75) is 31.9 Å². The van der Waals surface area contributed by atoms with Crippen LogP contribution in [0.15, 0.2) is 48.5 Å². The molecule has 0 bridgehead atoms. The van der Waals surface area contributed by atoms with Crippen molar-refractivity contribution in [3.8, 4) is 5.75 Å². The second-order valence-electron chi connectivity index (χ2n) is 5.50. The largest absolute Gasteiger partial charge is 0.485 e. The predicted molar refractivity (Wildman–Crippen MR) is 82.2 cm³/mol. The van der Waals surface area contributed by atoms with Crippen LogP contribution in [-0.2, 0) is 6.42 Å². The molecule has 0 heterocycles. The van der Waals surface area contributed by atoms with Crippen molar-refractivity contribution in [1.29, 1.82) is 0 Å². The standard InChI is InChI=1S/C18H21NO/c1-13-7-3-6-10-17(13)20-18-12-15(19-2)11-14-8-4-5-9-16(14)18/h3-10,15,18-19H,11-12H2,1-2H3/t15-,18-/m0/s1. The summed E-state index contributed by atoms with van der Waals surface area (Å²) in [5, 5.41) is 3.40. The second-order valence-corrected chi connectivity index (χ2v) is 5.50. The smallest absolute Gasteiger partial charge is 0.125 e. The quantitative estimate of drug-likeness (QED) is 0.916. The van der Waals surface area contributed by atoms with Gasteiger partial charge in [-0.15, -0.1) is 0 Å². The van der Waals surface area contributed by atoms with Crippen LogP contribution in [0.4, 0.5) is 0 Å². The van der Waals surface area contributed by atoms with Gasteiger partial charge in [-0.1, -0.05) is 42.5 Å². The molecule has 2 nitrogen and oxygen atoms in total. The van der Waals surface area contributed by atoms with Crippen LogP contribution < -0.4 is 10.1 Å². The van der Waals surface area contributed by atoms with Gasteiger partial charge in [-0.2, -0.15) is 0 Å². The maximum atomic E-state index is 6.30. The summed E-state index contributed by atoms with van der Waals surface area (Å²) in [4.78, 5) is 0. The Hall–Kier alpha value is -1.80. The van der Waals surface area contributed by atoms with E-state index in [0.717, 1.165) is 18.6 Å². The van der Waals surface area contributed by atoms with Gasteiger partial charge in [0.15, 0.2) is 0 Å². The molecule has 0 unspecified atom stereocenters. The Morgan fingerprint density at radius 1 is 1.05 bits per heavy atom. The summed E-state index contributed by atoms with van der Waals surface area (Å²) in [6, 6.07) is 17.4. The number of aryl methyl sites for hydroxylation is 1. The fourth-order valence-electron chi connectivity index (χ4n) is 2.94. The van der Waals surface area contributed by atoms with E-state index in [9.17, 15) is 0 Å². The minimum atomic E-state index is 0.137. The monoisotopic (exact) mass is 267 g/mol. The summed E-state index contributed by atoms with van der Waals surface area (Å²) in [5.41, 5.74) is 3.93. The molecule has 1 N–H and O–H groups in total. The van der Waals surface area contributed by atoms with Crippen LogP contribution in [-0.4, -0.2) is 13.1 Å². The number of rotatable bonds is 3. The summed E-state index contributed by atoms with van der Waals surface area (Å²) in [5.74, 6) is 0.990. The average Bonchev–Trinajstić information content (AvgIpc) is 2.49. The van der Waals surface area contributed by atoms with E-state index in [0.29, 0.717) is 6.04 Å². The van der Waals surface area contributed by atoms with E-state index < -0.39 is 0 Å². The molecule has 104 valence electrons. The molecule has 0 fully saturated rings. The van der Waals surface area contributed by atoms with Crippen molar-refractivity contribution in [3.63, 3.8) is 0 Å². The SMILES string of the molecule is CN[C@H]1Cc2ccccc2[C@@H](Oc2ccccc2C)C1. The van der Waals surface area contributed by atoms with Gasteiger partial charge < -0.3 is 10.1 Å². The van der Waals surface area contributed by atoms with Gasteiger partial charge in [-0.05, 0) is 43.1 Å². The fraction of sp³-hybridized carbons (Fsp3) is 0.333. The third kappa shape index (κ3) is 2.56. The second kappa shape index (κ2) is 5.68. The normalized spacial score (nSPS) is 21.3. The number of hydrogen-bond donors (Lipinski definition) is 1. The zero-order valence-electron chi connectivity index (χ0n) is 12.1. The zero-order chi connectivity index (χ0) is 13.9. The molecule has 0 radical (unpaired) electrons. The maximum Gasteiger partial charge on any atom is 0.125 e. The highest BCUT2D eigenvalue weighted by Crippen LogP contribution is 2.34. The molecular weight excluding hydrogens is 246 g/mol. The van der Waals surface area contributed by atoms with Gasteiger partial charge >= 0.3 is 0 Å². The van der Waals surface area contributed by atoms with Crippen molar-refractivity contribution < 1.29 is 4.74 Å². The zero-order valence-corrected chi connectivity index (χ0v) is 12.1. The Morgan fingerprint density at radius 3 is 2.60 bits per heavy atom. The molecule has 2 aromatic rings. The highest BCUT2D eigenvalue weighted by molar-refractivity contribution is 5.36. The Balaban J connectivity index is 1.91. The third-order valence-electron chi connectivity index (χ3n) is 4.14. The Bertz CT molecular complexity index is 593. The van der Waals surface area contributed by atoms with Gasteiger partial charge in [0.25, 0.3) is 0 Å². The summed E-state index contributed by atoms with van der Waals surface area (Å²) in [6.45, 7) is 2.10. The molecular formula is C18H21NO. The fourth-order valence-corrected chi connectivity index (χ4v) is 2.94. The van der Waals surface area contributed by atoms with Gasteiger partial charge in [0.2, 0.25) is 0 Å². The number of ether oxygens (including phenoxy) is 1. The number of benzene rings is 2. The number of fused-ring (bicyclic) bond motifs is 1. The Kier molecular flexibility index (Phi) is 3.75. The van der Waals surface area contributed by atoms with Crippen molar-refractivity contribution in [3.05, 3.63) is 65.2 Å². The molecule has 0 spiro atoms. The topological polar surface area (TPSA) is 21.3 Å². The van der Waals surface area contributed by atoms with E-state index in [2.05, 4.69) is 48.6 Å². The van der Waals surface area contributed by atoms with Crippen molar-refractivity contribution in [2.75, 3.05) is 7.05 Å². The molecule has 3 rings (SSSR count). The summed E-state index contributed by atoms with van der Waals surface area (Å²) in [7, 11) is 2.03. The molecule has 0 aromatic heterocycles. The van der Waals surface area contributed by atoms with Gasteiger partial charge in [-0.25, -0.2) is 0 Å². The van der Waals surface area contributed by atoms with Crippen LogP contribution in [0, 0.1) is 6.92 Å². The van der Waals surface area contributed by atoms with Crippen molar-refractivity contribution in [2.24, 2.45) is 0 Å². The first-order chi connectivity index (χ1) is 9.78. The maximum absolute atomic E-state index is 6.30. The van der Waals surface area contributed by atoms with Crippen LogP contribution >= 0.6 is 0 Å². The summed E-state index contributed by atoms with van der Waals surface area (Å²) >= 11 is 0. The number of nitrogens with one attached hydrogen (secondary N) is 1. The van der Waals surface area contributed by atoms with Crippen LogP contribution in [0.5, 0.6) is 5.75 Å². The van der Waals surface area contributed by atoms with E-state index in [-0.39, 0.29) is 6.10 Å². The number of para-hydroxylation sites is 1. The van der Waals surface area contributed by atoms with E-state index in [1.807, 2.05) is 19.2 Å². The lowest BCUT2D eigenvalue weighted by molar-refractivity contribution is 0.167. The summed E-state index contributed by atoms with van der Waals surface area (Å²) in [6.07, 6.45) is 2.24.